The monoisotopic (exact) mass is 208 g/mol. The number of aromatic carboxylic acids is 1. The molecule has 0 radical (unpaired) electrons. The first-order valence-electron chi connectivity index (χ1n) is 3.79. The lowest BCUT2D eigenvalue weighted by Gasteiger charge is -2.05. The molecule has 0 unspecified atom stereocenters. The van der Waals surface area contributed by atoms with Crippen LogP contribution < -0.4 is 5.73 Å². The fourth-order valence-corrected chi connectivity index (χ4v) is 1.43. The zero-order valence-corrected chi connectivity index (χ0v) is 8.08. The molecule has 3 N–H and O–H groups in total. The lowest BCUT2D eigenvalue weighted by Crippen LogP contribution is -2.05. The molecule has 0 atom stereocenters. The number of nitrogens with zero attached hydrogens (tertiary/aromatic N) is 1. The molecule has 1 aromatic rings. The fraction of sp³-hybridized carbons (Fsp3) is 0.111. The molecule has 5 heteroatoms. The van der Waals surface area contributed by atoms with E-state index in [-0.39, 0.29) is 12.1 Å². The molecule has 0 bridgehead atoms. The summed E-state index contributed by atoms with van der Waals surface area (Å²) in [5.41, 5.74) is 6.31. The second-order valence-electron chi connectivity index (χ2n) is 2.65. The van der Waals surface area contributed by atoms with E-state index in [1.807, 2.05) is 6.07 Å². The van der Waals surface area contributed by atoms with Gasteiger partial charge in [-0.3, -0.25) is 0 Å². The second-order valence-corrected chi connectivity index (χ2v) is 3.13. The number of carboxylic acid groups (broad SMARTS) is 1. The Balaban J connectivity index is 3.40. The number of rotatable bonds is 2. The Kier molecular flexibility index (Phi) is 3.12. The van der Waals surface area contributed by atoms with Gasteiger partial charge in [-0.25, -0.2) is 4.79 Å². The molecular weight excluding hydrogens is 200 g/mol. The SMILES string of the molecule is N#Cc1c(S)cc(C(=O)O)cc1CN. The van der Waals surface area contributed by atoms with Crippen LogP contribution >= 0.6 is 12.6 Å². The average Bonchev–Trinajstić information content (AvgIpc) is 2.16. The highest BCUT2D eigenvalue weighted by atomic mass is 32.1. The minimum atomic E-state index is -1.06. The third-order valence-corrected chi connectivity index (χ3v) is 2.13. The molecule has 1 aromatic carbocycles. The van der Waals surface area contributed by atoms with Gasteiger partial charge in [-0.05, 0) is 17.7 Å². The molecule has 0 aliphatic carbocycles. The van der Waals surface area contributed by atoms with Crippen LogP contribution in [0.3, 0.4) is 0 Å². The van der Waals surface area contributed by atoms with E-state index in [0.29, 0.717) is 16.0 Å². The van der Waals surface area contributed by atoms with Crippen LogP contribution in [0.15, 0.2) is 17.0 Å². The topological polar surface area (TPSA) is 87.1 Å². The first-order chi connectivity index (χ1) is 6.60. The van der Waals surface area contributed by atoms with Gasteiger partial charge < -0.3 is 10.8 Å². The molecule has 4 nitrogen and oxygen atoms in total. The predicted molar refractivity (Wildman–Crippen MR) is 53.3 cm³/mol. The molecular formula is C9H8N2O2S. The van der Waals surface area contributed by atoms with Crippen LogP contribution in [0.2, 0.25) is 0 Å². The maximum absolute atomic E-state index is 10.7. The summed E-state index contributed by atoms with van der Waals surface area (Å²) in [5.74, 6) is -1.06. The van der Waals surface area contributed by atoms with Gasteiger partial charge >= 0.3 is 5.97 Å². The molecule has 72 valence electrons. The van der Waals surface area contributed by atoms with E-state index in [2.05, 4.69) is 12.6 Å². The first-order valence-corrected chi connectivity index (χ1v) is 4.24. The van der Waals surface area contributed by atoms with Crippen LogP contribution in [-0.4, -0.2) is 11.1 Å². The summed E-state index contributed by atoms with van der Waals surface area (Å²) >= 11 is 4.02. The van der Waals surface area contributed by atoms with Crippen molar-refractivity contribution < 1.29 is 9.90 Å². The molecule has 14 heavy (non-hydrogen) atoms. The van der Waals surface area contributed by atoms with Gasteiger partial charge in [0.05, 0.1) is 11.1 Å². The Morgan fingerprint density at radius 2 is 2.29 bits per heavy atom. The van der Waals surface area contributed by atoms with Gasteiger partial charge in [0.1, 0.15) is 6.07 Å². The Morgan fingerprint density at radius 3 is 2.71 bits per heavy atom. The fourth-order valence-electron chi connectivity index (χ4n) is 1.10. The van der Waals surface area contributed by atoms with E-state index in [0.717, 1.165) is 0 Å². The zero-order chi connectivity index (χ0) is 10.7. The maximum atomic E-state index is 10.7. The van der Waals surface area contributed by atoms with Crippen molar-refractivity contribution in [2.45, 2.75) is 11.4 Å². The lowest BCUT2D eigenvalue weighted by molar-refractivity contribution is 0.0696. The minimum Gasteiger partial charge on any atom is -0.478 e. The van der Waals surface area contributed by atoms with Gasteiger partial charge in [0, 0.05) is 11.4 Å². The van der Waals surface area contributed by atoms with Crippen molar-refractivity contribution in [3.63, 3.8) is 0 Å². The summed E-state index contributed by atoms with van der Waals surface area (Å²) in [4.78, 5) is 11.0. The number of carbonyl (C=O) groups is 1. The minimum absolute atomic E-state index is 0.0921. The van der Waals surface area contributed by atoms with Gasteiger partial charge in [0.25, 0.3) is 0 Å². The summed E-state index contributed by atoms with van der Waals surface area (Å²) < 4.78 is 0. The molecule has 0 spiro atoms. The molecule has 0 saturated carbocycles. The van der Waals surface area contributed by atoms with Gasteiger partial charge in [-0.15, -0.1) is 12.6 Å². The lowest BCUT2D eigenvalue weighted by atomic mass is 10.0. The van der Waals surface area contributed by atoms with E-state index in [1.165, 1.54) is 12.1 Å². The Morgan fingerprint density at radius 1 is 1.64 bits per heavy atom. The Labute approximate surface area is 86.4 Å². The van der Waals surface area contributed by atoms with E-state index in [1.54, 1.807) is 0 Å². The number of hydrogen-bond acceptors (Lipinski definition) is 4. The van der Waals surface area contributed by atoms with Crippen LogP contribution in [0.5, 0.6) is 0 Å². The van der Waals surface area contributed by atoms with Crippen molar-refractivity contribution in [2.24, 2.45) is 5.73 Å². The van der Waals surface area contributed by atoms with Gasteiger partial charge in [-0.1, -0.05) is 0 Å². The van der Waals surface area contributed by atoms with Gasteiger partial charge in [-0.2, -0.15) is 5.26 Å². The van der Waals surface area contributed by atoms with Crippen molar-refractivity contribution in [3.05, 3.63) is 28.8 Å². The highest BCUT2D eigenvalue weighted by Gasteiger charge is 2.10. The molecule has 0 heterocycles. The molecule has 0 aliphatic rings. The van der Waals surface area contributed by atoms with Crippen molar-refractivity contribution in [3.8, 4) is 6.07 Å². The zero-order valence-electron chi connectivity index (χ0n) is 7.19. The summed E-state index contributed by atoms with van der Waals surface area (Å²) in [5, 5.41) is 17.5. The molecule has 0 aliphatic heterocycles. The number of benzene rings is 1. The molecule has 0 aromatic heterocycles. The van der Waals surface area contributed by atoms with Crippen LogP contribution in [0.1, 0.15) is 21.5 Å². The Bertz CT molecular complexity index is 424. The normalized spacial score (nSPS) is 9.50. The summed E-state index contributed by atoms with van der Waals surface area (Å²) in [6, 6.07) is 4.66. The number of hydrogen-bond donors (Lipinski definition) is 3. The largest absolute Gasteiger partial charge is 0.478 e. The second kappa shape index (κ2) is 4.13. The number of thiol groups is 1. The van der Waals surface area contributed by atoms with Crippen molar-refractivity contribution >= 4 is 18.6 Å². The summed E-state index contributed by atoms with van der Waals surface area (Å²) in [7, 11) is 0. The smallest absolute Gasteiger partial charge is 0.335 e. The number of carboxylic acids is 1. The van der Waals surface area contributed by atoms with Crippen LogP contribution in [0, 0.1) is 11.3 Å². The molecule has 0 amide bonds. The van der Waals surface area contributed by atoms with E-state index in [4.69, 9.17) is 16.1 Å². The highest BCUT2D eigenvalue weighted by Crippen LogP contribution is 2.20. The summed E-state index contributed by atoms with van der Waals surface area (Å²) in [6.45, 7) is 0.123. The van der Waals surface area contributed by atoms with E-state index >= 15 is 0 Å². The maximum Gasteiger partial charge on any atom is 0.335 e. The number of nitriles is 1. The summed E-state index contributed by atoms with van der Waals surface area (Å²) in [6.07, 6.45) is 0. The molecule has 0 saturated heterocycles. The van der Waals surface area contributed by atoms with E-state index in [9.17, 15) is 4.79 Å². The standard InChI is InChI=1S/C9H8N2O2S/c10-3-6-1-5(9(12)13)2-8(14)7(6)4-11/h1-2,14H,3,10H2,(H,12,13). The van der Waals surface area contributed by atoms with Gasteiger partial charge in [0.15, 0.2) is 0 Å². The van der Waals surface area contributed by atoms with Crippen LogP contribution in [-0.2, 0) is 6.54 Å². The van der Waals surface area contributed by atoms with Crippen molar-refractivity contribution in [2.75, 3.05) is 0 Å². The highest BCUT2D eigenvalue weighted by molar-refractivity contribution is 7.80. The molecule has 1 rings (SSSR count). The van der Waals surface area contributed by atoms with E-state index < -0.39 is 5.97 Å². The van der Waals surface area contributed by atoms with Crippen LogP contribution in [0.4, 0.5) is 0 Å². The van der Waals surface area contributed by atoms with Crippen LogP contribution in [0.25, 0.3) is 0 Å². The third kappa shape index (κ3) is 1.87. The quantitative estimate of drug-likeness (QED) is 0.633. The number of nitrogens with two attached hydrogens (primary N) is 1. The molecule has 0 fully saturated rings. The van der Waals surface area contributed by atoms with Crippen molar-refractivity contribution in [1.82, 2.24) is 0 Å². The van der Waals surface area contributed by atoms with Crippen molar-refractivity contribution in [1.29, 1.82) is 5.26 Å². The Hall–Kier alpha value is -1.51. The average molecular weight is 208 g/mol. The predicted octanol–water partition coefficient (Wildman–Crippen LogP) is 1.00. The van der Waals surface area contributed by atoms with Gasteiger partial charge in [0.2, 0.25) is 0 Å². The third-order valence-electron chi connectivity index (χ3n) is 1.78. The first kappa shape index (κ1) is 10.6.